The van der Waals surface area contributed by atoms with Gasteiger partial charge in [0.15, 0.2) is 6.23 Å². The molecule has 1 unspecified atom stereocenters. The molecule has 1 aliphatic heterocycles. The molecule has 1 aromatic rings. The van der Waals surface area contributed by atoms with Gasteiger partial charge in [0.05, 0.1) is 6.61 Å². The Balaban J connectivity index is 2.32. The van der Waals surface area contributed by atoms with Crippen molar-refractivity contribution in [1.82, 2.24) is 9.55 Å². The monoisotopic (exact) mass is 261 g/mol. The van der Waals surface area contributed by atoms with E-state index in [0.717, 1.165) is 4.57 Å². The van der Waals surface area contributed by atoms with Gasteiger partial charge < -0.3 is 20.7 Å². The molecule has 0 bridgehead atoms. The summed E-state index contributed by atoms with van der Waals surface area (Å²) < 4.78 is 6.42. The van der Waals surface area contributed by atoms with Crippen LogP contribution in [0.15, 0.2) is 17.1 Å². The molecule has 0 aliphatic carbocycles. The van der Waals surface area contributed by atoms with Crippen LogP contribution in [0.1, 0.15) is 6.23 Å². The minimum absolute atomic E-state index is 0.0922. The van der Waals surface area contributed by atoms with Crippen molar-refractivity contribution in [2.75, 3.05) is 12.3 Å². The molecule has 1 aliphatic rings. The van der Waals surface area contributed by atoms with Crippen LogP contribution in [-0.4, -0.2) is 44.0 Å². The molecule has 0 saturated carbocycles. The Labute approximate surface area is 101 Å². The van der Waals surface area contributed by atoms with E-state index in [-0.39, 0.29) is 12.4 Å². The lowest BCUT2D eigenvalue weighted by atomic mass is 10.2. The van der Waals surface area contributed by atoms with Crippen molar-refractivity contribution in [1.29, 1.82) is 0 Å². The van der Waals surface area contributed by atoms with Gasteiger partial charge in [-0.25, -0.2) is 4.79 Å². The van der Waals surface area contributed by atoms with Crippen LogP contribution in [0, 0.1) is 0 Å². The number of aromatic nitrogens is 2. The van der Waals surface area contributed by atoms with Gasteiger partial charge in [0.2, 0.25) is 0 Å². The van der Waals surface area contributed by atoms with Crippen LogP contribution in [0.2, 0.25) is 0 Å². The highest BCUT2D eigenvalue weighted by Gasteiger charge is 2.43. The lowest BCUT2D eigenvalue weighted by molar-refractivity contribution is -0.0457. The van der Waals surface area contributed by atoms with Crippen molar-refractivity contribution >= 4 is 17.4 Å². The number of hydrogen-bond acceptors (Lipinski definition) is 6. The second-order valence-electron chi connectivity index (χ2n) is 3.72. The van der Waals surface area contributed by atoms with Crippen molar-refractivity contribution in [3.8, 4) is 0 Å². The zero-order valence-electron chi connectivity index (χ0n) is 8.73. The first-order valence-electron chi connectivity index (χ1n) is 4.97. The van der Waals surface area contributed by atoms with Gasteiger partial charge in [0.25, 0.3) is 0 Å². The van der Waals surface area contributed by atoms with Crippen LogP contribution in [0.25, 0.3) is 0 Å². The average molecular weight is 262 g/mol. The maximum absolute atomic E-state index is 11.6. The SMILES string of the molecule is Nc1ccn([C@@H]2O[C@H](CO)[C@H](O)C2Cl)c(=O)n1. The van der Waals surface area contributed by atoms with Gasteiger partial charge >= 0.3 is 5.69 Å². The van der Waals surface area contributed by atoms with Gasteiger partial charge in [-0.05, 0) is 6.07 Å². The maximum atomic E-state index is 11.6. The highest BCUT2D eigenvalue weighted by atomic mass is 35.5. The highest BCUT2D eigenvalue weighted by Crippen LogP contribution is 2.32. The number of ether oxygens (including phenoxy) is 1. The number of aliphatic hydroxyl groups is 2. The van der Waals surface area contributed by atoms with E-state index in [9.17, 15) is 9.90 Å². The fourth-order valence-corrected chi connectivity index (χ4v) is 2.04. The second-order valence-corrected chi connectivity index (χ2v) is 4.23. The number of halogens is 1. The predicted octanol–water partition coefficient (Wildman–Crippen LogP) is -1.32. The summed E-state index contributed by atoms with van der Waals surface area (Å²) in [6.45, 7) is -0.377. The van der Waals surface area contributed by atoms with Crippen LogP contribution < -0.4 is 11.4 Å². The fourth-order valence-electron chi connectivity index (χ4n) is 1.70. The van der Waals surface area contributed by atoms with Gasteiger partial charge in [-0.3, -0.25) is 4.57 Å². The molecular formula is C9H12ClN3O4. The fraction of sp³-hybridized carbons (Fsp3) is 0.556. The molecule has 2 heterocycles. The molecule has 94 valence electrons. The van der Waals surface area contributed by atoms with E-state index in [4.69, 9.17) is 27.2 Å². The summed E-state index contributed by atoms with van der Waals surface area (Å²) in [4.78, 5) is 15.1. The first kappa shape index (κ1) is 12.3. The summed E-state index contributed by atoms with van der Waals surface area (Å²) in [6.07, 6.45) is -1.34. The standard InChI is InChI=1S/C9H12ClN3O4/c10-6-7(15)4(3-14)17-8(6)13-2-1-5(11)12-9(13)16/h1-2,4,6-8,14-15H,3H2,(H2,11,12,16)/t4-,6?,7+,8-/m1/s1. The van der Waals surface area contributed by atoms with Crippen molar-refractivity contribution in [2.24, 2.45) is 0 Å². The molecule has 1 saturated heterocycles. The smallest absolute Gasteiger partial charge is 0.351 e. The minimum atomic E-state index is -1.05. The van der Waals surface area contributed by atoms with E-state index >= 15 is 0 Å². The van der Waals surface area contributed by atoms with Crippen molar-refractivity contribution < 1.29 is 14.9 Å². The Morgan fingerprint density at radius 3 is 2.88 bits per heavy atom. The summed E-state index contributed by atoms with van der Waals surface area (Å²) in [5, 5.41) is 17.8. The third kappa shape index (κ3) is 2.14. The predicted molar refractivity (Wildman–Crippen MR) is 59.6 cm³/mol. The van der Waals surface area contributed by atoms with Crippen LogP contribution >= 0.6 is 11.6 Å². The van der Waals surface area contributed by atoms with E-state index in [0.29, 0.717) is 0 Å². The van der Waals surface area contributed by atoms with E-state index in [2.05, 4.69) is 4.98 Å². The second kappa shape index (κ2) is 4.61. The molecule has 0 amide bonds. The summed E-state index contributed by atoms with van der Waals surface area (Å²) in [7, 11) is 0. The Kier molecular flexibility index (Phi) is 3.34. The number of nitrogen functional groups attached to an aromatic ring is 1. The lowest BCUT2D eigenvalue weighted by Gasteiger charge is -2.16. The summed E-state index contributed by atoms with van der Waals surface area (Å²) >= 11 is 5.94. The van der Waals surface area contributed by atoms with Crippen molar-refractivity contribution in [3.05, 3.63) is 22.7 Å². The maximum Gasteiger partial charge on any atom is 0.351 e. The van der Waals surface area contributed by atoms with E-state index in [1.807, 2.05) is 0 Å². The number of nitrogens with zero attached hydrogens (tertiary/aromatic N) is 2. The van der Waals surface area contributed by atoms with Gasteiger partial charge in [0.1, 0.15) is 23.4 Å². The van der Waals surface area contributed by atoms with Crippen LogP contribution in [0.3, 0.4) is 0 Å². The summed E-state index contributed by atoms with van der Waals surface area (Å²) in [5.41, 5.74) is 4.73. The van der Waals surface area contributed by atoms with Crippen LogP contribution in [0.5, 0.6) is 0 Å². The normalized spacial score (nSPS) is 32.9. The lowest BCUT2D eigenvalue weighted by Crippen LogP contribution is -2.32. The van der Waals surface area contributed by atoms with Gasteiger partial charge in [-0.15, -0.1) is 11.6 Å². The number of rotatable bonds is 2. The molecule has 0 aromatic carbocycles. The zero-order valence-corrected chi connectivity index (χ0v) is 9.49. The molecule has 2 rings (SSSR count). The van der Waals surface area contributed by atoms with Crippen LogP contribution in [-0.2, 0) is 4.74 Å². The van der Waals surface area contributed by atoms with E-state index in [1.54, 1.807) is 0 Å². The largest absolute Gasteiger partial charge is 0.394 e. The first-order chi connectivity index (χ1) is 8.04. The third-order valence-electron chi connectivity index (χ3n) is 2.60. The Morgan fingerprint density at radius 2 is 2.35 bits per heavy atom. The number of hydrogen-bond donors (Lipinski definition) is 3. The van der Waals surface area contributed by atoms with E-state index in [1.165, 1.54) is 12.3 Å². The molecule has 0 radical (unpaired) electrons. The molecule has 7 nitrogen and oxygen atoms in total. The molecule has 0 spiro atoms. The molecule has 4 atom stereocenters. The molecule has 1 aromatic heterocycles. The van der Waals surface area contributed by atoms with Gasteiger partial charge in [-0.2, -0.15) is 4.98 Å². The quantitative estimate of drug-likeness (QED) is 0.570. The van der Waals surface area contributed by atoms with Crippen molar-refractivity contribution in [3.63, 3.8) is 0 Å². The number of alkyl halides is 1. The Morgan fingerprint density at radius 1 is 1.65 bits per heavy atom. The molecule has 1 fully saturated rings. The third-order valence-corrected chi connectivity index (χ3v) is 3.07. The minimum Gasteiger partial charge on any atom is -0.394 e. The Bertz CT molecular complexity index is 466. The number of nitrogens with two attached hydrogens (primary N) is 1. The molecular weight excluding hydrogens is 250 g/mol. The number of aliphatic hydroxyl groups excluding tert-OH is 2. The summed E-state index contributed by atoms with van der Waals surface area (Å²) in [5.74, 6) is 0.0922. The average Bonchev–Trinajstić information content (AvgIpc) is 2.57. The first-order valence-corrected chi connectivity index (χ1v) is 5.41. The van der Waals surface area contributed by atoms with Crippen molar-refractivity contribution in [2.45, 2.75) is 23.8 Å². The summed E-state index contributed by atoms with van der Waals surface area (Å²) in [6, 6.07) is 1.42. The Hall–Kier alpha value is -1.15. The van der Waals surface area contributed by atoms with Crippen LogP contribution in [0.4, 0.5) is 5.82 Å². The molecule has 8 heteroatoms. The highest BCUT2D eigenvalue weighted by molar-refractivity contribution is 6.21. The van der Waals surface area contributed by atoms with Gasteiger partial charge in [-0.1, -0.05) is 0 Å². The molecule has 17 heavy (non-hydrogen) atoms. The topological polar surface area (TPSA) is 111 Å². The van der Waals surface area contributed by atoms with E-state index < -0.39 is 29.5 Å². The van der Waals surface area contributed by atoms with Gasteiger partial charge in [0, 0.05) is 6.20 Å². The zero-order chi connectivity index (χ0) is 12.6. The number of anilines is 1. The molecule has 4 N–H and O–H groups in total.